The van der Waals surface area contributed by atoms with Crippen LogP contribution in [0.15, 0.2) is 6.20 Å². The number of aromatic nitrogens is 2. The van der Waals surface area contributed by atoms with Crippen LogP contribution in [0.4, 0.5) is 14.7 Å². The third kappa shape index (κ3) is 2.57. The van der Waals surface area contributed by atoms with E-state index in [1.54, 1.807) is 11.6 Å². The summed E-state index contributed by atoms with van der Waals surface area (Å²) in [6, 6.07) is 0. The zero-order chi connectivity index (χ0) is 12.4. The zero-order valence-corrected chi connectivity index (χ0v) is 9.94. The molecule has 0 amide bonds. The van der Waals surface area contributed by atoms with Gasteiger partial charge in [-0.2, -0.15) is 0 Å². The van der Waals surface area contributed by atoms with Crippen molar-refractivity contribution in [2.45, 2.75) is 19.3 Å². The van der Waals surface area contributed by atoms with Crippen molar-refractivity contribution in [1.82, 2.24) is 9.55 Å². The summed E-state index contributed by atoms with van der Waals surface area (Å²) < 4.78 is 26.7. The molecule has 0 saturated carbocycles. The van der Waals surface area contributed by atoms with Crippen LogP contribution in [0.5, 0.6) is 0 Å². The molecule has 1 saturated heterocycles. The van der Waals surface area contributed by atoms with E-state index in [1.807, 2.05) is 0 Å². The number of nitrogens with zero attached hydrogens (tertiary/aromatic N) is 3. The highest BCUT2D eigenvalue weighted by Gasteiger charge is 2.23. The Morgan fingerprint density at radius 1 is 1.47 bits per heavy atom. The van der Waals surface area contributed by atoms with Crippen molar-refractivity contribution in [2.24, 2.45) is 18.7 Å². The van der Waals surface area contributed by atoms with Gasteiger partial charge < -0.3 is 15.2 Å². The van der Waals surface area contributed by atoms with Crippen molar-refractivity contribution in [3.63, 3.8) is 0 Å². The fourth-order valence-electron chi connectivity index (χ4n) is 2.25. The minimum absolute atomic E-state index is 0.150. The molecule has 2 rings (SSSR count). The molecule has 0 spiro atoms. The molecule has 0 radical (unpaired) electrons. The van der Waals surface area contributed by atoms with Gasteiger partial charge in [0.25, 0.3) is 6.43 Å². The number of nitrogens with two attached hydrogens (primary N) is 1. The van der Waals surface area contributed by atoms with Gasteiger partial charge in [-0.05, 0) is 25.3 Å². The highest BCUT2D eigenvalue weighted by molar-refractivity contribution is 5.34. The number of piperidine rings is 1. The number of anilines is 1. The molecule has 1 aromatic heterocycles. The standard InChI is InChI=1S/C11H18F2N4/c1-16-7-9(10(12)13)15-11(16)17-4-2-8(6-14)3-5-17/h7-8,10H,2-6,14H2,1H3. The van der Waals surface area contributed by atoms with Crippen LogP contribution in [0.2, 0.25) is 0 Å². The third-order valence-electron chi connectivity index (χ3n) is 3.32. The number of aryl methyl sites for hydroxylation is 1. The first-order valence-electron chi connectivity index (χ1n) is 5.88. The van der Waals surface area contributed by atoms with Crippen LogP contribution in [0.25, 0.3) is 0 Å². The van der Waals surface area contributed by atoms with E-state index in [1.165, 1.54) is 6.20 Å². The molecule has 4 nitrogen and oxygen atoms in total. The Kier molecular flexibility index (Phi) is 3.61. The molecule has 1 aromatic rings. The maximum Gasteiger partial charge on any atom is 0.281 e. The van der Waals surface area contributed by atoms with Gasteiger partial charge in [0.1, 0.15) is 5.69 Å². The molecule has 96 valence electrons. The first-order valence-corrected chi connectivity index (χ1v) is 5.88. The zero-order valence-electron chi connectivity index (χ0n) is 9.94. The lowest BCUT2D eigenvalue weighted by Gasteiger charge is -2.31. The lowest BCUT2D eigenvalue weighted by atomic mass is 9.97. The van der Waals surface area contributed by atoms with Crippen LogP contribution in [-0.4, -0.2) is 29.2 Å². The molecule has 1 fully saturated rings. The molecule has 2 N–H and O–H groups in total. The number of hydrogen-bond donors (Lipinski definition) is 1. The molecule has 17 heavy (non-hydrogen) atoms. The fourth-order valence-corrected chi connectivity index (χ4v) is 2.25. The molecule has 0 aliphatic carbocycles. The molecule has 1 aliphatic heterocycles. The summed E-state index contributed by atoms with van der Waals surface area (Å²) in [6.45, 7) is 2.39. The largest absolute Gasteiger partial charge is 0.342 e. The SMILES string of the molecule is Cn1cc(C(F)F)nc1N1CCC(CN)CC1. The Balaban J connectivity index is 2.07. The van der Waals surface area contributed by atoms with Gasteiger partial charge in [-0.15, -0.1) is 0 Å². The normalized spacial score (nSPS) is 18.1. The quantitative estimate of drug-likeness (QED) is 0.877. The predicted molar refractivity (Wildman–Crippen MR) is 62.2 cm³/mol. The van der Waals surface area contributed by atoms with Gasteiger partial charge >= 0.3 is 0 Å². The van der Waals surface area contributed by atoms with E-state index in [0.717, 1.165) is 25.9 Å². The summed E-state index contributed by atoms with van der Waals surface area (Å²) in [4.78, 5) is 6.05. The van der Waals surface area contributed by atoms with Gasteiger partial charge in [-0.3, -0.25) is 0 Å². The van der Waals surface area contributed by atoms with Crippen molar-refractivity contribution in [1.29, 1.82) is 0 Å². The Hall–Kier alpha value is -1.17. The Bertz CT molecular complexity index is 370. The summed E-state index contributed by atoms with van der Waals surface area (Å²) in [5.41, 5.74) is 5.47. The second-order valence-corrected chi connectivity index (χ2v) is 4.54. The number of halogens is 2. The van der Waals surface area contributed by atoms with E-state index in [0.29, 0.717) is 18.4 Å². The molecule has 0 atom stereocenters. The average molecular weight is 244 g/mol. The molecule has 0 bridgehead atoms. The van der Waals surface area contributed by atoms with Gasteiger partial charge in [0.2, 0.25) is 5.95 Å². The Labute approximate surface area is 99.4 Å². The van der Waals surface area contributed by atoms with Gasteiger partial charge in [-0.25, -0.2) is 13.8 Å². The highest BCUT2D eigenvalue weighted by Crippen LogP contribution is 2.25. The van der Waals surface area contributed by atoms with Gasteiger partial charge in [0.15, 0.2) is 0 Å². The first kappa shape index (κ1) is 12.3. The number of alkyl halides is 2. The number of hydrogen-bond acceptors (Lipinski definition) is 3. The van der Waals surface area contributed by atoms with Crippen LogP contribution in [-0.2, 0) is 7.05 Å². The lowest BCUT2D eigenvalue weighted by molar-refractivity contribution is 0.146. The molecule has 1 aliphatic rings. The summed E-state index contributed by atoms with van der Waals surface area (Å²) in [5.74, 6) is 1.19. The summed E-state index contributed by atoms with van der Waals surface area (Å²) in [6.07, 6.45) is 0.909. The lowest BCUT2D eigenvalue weighted by Crippen LogP contribution is -2.37. The van der Waals surface area contributed by atoms with E-state index >= 15 is 0 Å². The number of imidazole rings is 1. The van der Waals surface area contributed by atoms with Crippen molar-refractivity contribution in [3.8, 4) is 0 Å². The summed E-state index contributed by atoms with van der Waals surface area (Å²) >= 11 is 0. The van der Waals surface area contributed by atoms with E-state index in [-0.39, 0.29) is 5.69 Å². The van der Waals surface area contributed by atoms with Crippen molar-refractivity contribution in [3.05, 3.63) is 11.9 Å². The minimum atomic E-state index is -2.50. The van der Waals surface area contributed by atoms with Crippen molar-refractivity contribution < 1.29 is 8.78 Å². The third-order valence-corrected chi connectivity index (χ3v) is 3.32. The maximum absolute atomic E-state index is 12.5. The first-order chi connectivity index (χ1) is 8.11. The monoisotopic (exact) mass is 244 g/mol. The van der Waals surface area contributed by atoms with E-state index in [4.69, 9.17) is 5.73 Å². The van der Waals surface area contributed by atoms with Crippen LogP contribution >= 0.6 is 0 Å². The molecule has 0 aromatic carbocycles. The topological polar surface area (TPSA) is 47.1 Å². The fraction of sp³-hybridized carbons (Fsp3) is 0.727. The van der Waals surface area contributed by atoms with Gasteiger partial charge in [0, 0.05) is 26.3 Å². The van der Waals surface area contributed by atoms with E-state index in [2.05, 4.69) is 9.88 Å². The van der Waals surface area contributed by atoms with Crippen molar-refractivity contribution in [2.75, 3.05) is 24.5 Å². The molecular formula is C11H18F2N4. The van der Waals surface area contributed by atoms with Crippen LogP contribution < -0.4 is 10.6 Å². The molecule has 6 heteroatoms. The van der Waals surface area contributed by atoms with Crippen molar-refractivity contribution >= 4 is 5.95 Å². The second kappa shape index (κ2) is 5.00. The molecule has 2 heterocycles. The van der Waals surface area contributed by atoms with Gasteiger partial charge in [0.05, 0.1) is 0 Å². The molecular weight excluding hydrogens is 226 g/mol. The van der Waals surface area contributed by atoms with Crippen LogP contribution in [0.1, 0.15) is 25.0 Å². The number of rotatable bonds is 3. The highest BCUT2D eigenvalue weighted by atomic mass is 19.3. The Morgan fingerprint density at radius 2 is 2.12 bits per heavy atom. The Morgan fingerprint density at radius 3 is 2.59 bits per heavy atom. The van der Waals surface area contributed by atoms with E-state index < -0.39 is 6.43 Å². The predicted octanol–water partition coefficient (Wildman–Crippen LogP) is 1.53. The van der Waals surface area contributed by atoms with Crippen LogP contribution in [0.3, 0.4) is 0 Å². The smallest absolute Gasteiger partial charge is 0.281 e. The second-order valence-electron chi connectivity index (χ2n) is 4.54. The van der Waals surface area contributed by atoms with Crippen LogP contribution in [0, 0.1) is 5.92 Å². The minimum Gasteiger partial charge on any atom is -0.342 e. The van der Waals surface area contributed by atoms with E-state index in [9.17, 15) is 8.78 Å². The van der Waals surface area contributed by atoms with Gasteiger partial charge in [-0.1, -0.05) is 0 Å². The maximum atomic E-state index is 12.5. The average Bonchev–Trinajstić information content (AvgIpc) is 2.72. The summed E-state index contributed by atoms with van der Waals surface area (Å²) in [5, 5.41) is 0. The summed E-state index contributed by atoms with van der Waals surface area (Å²) in [7, 11) is 1.75. The molecule has 0 unspecified atom stereocenters.